The Morgan fingerprint density at radius 1 is 1.71 bits per heavy atom. The molecule has 2 rings (SSSR count). The maximum atomic E-state index is 11.9. The van der Waals surface area contributed by atoms with Gasteiger partial charge in [-0.15, -0.1) is 0 Å². The standard InChI is InChI=1S/C12H16N2O3/c1-16-12-10(5-2-6-13-12)11(15)14-8-9-4-3-7-17-9/h2,5-6,9H,3-4,7-8H2,1H3,(H,14,15). The number of aromatic nitrogens is 1. The van der Waals surface area contributed by atoms with E-state index < -0.39 is 0 Å². The van der Waals surface area contributed by atoms with Gasteiger partial charge in [-0.05, 0) is 25.0 Å². The van der Waals surface area contributed by atoms with Crippen LogP contribution < -0.4 is 10.1 Å². The number of rotatable bonds is 4. The van der Waals surface area contributed by atoms with E-state index in [4.69, 9.17) is 9.47 Å². The van der Waals surface area contributed by atoms with Crippen molar-refractivity contribution in [2.75, 3.05) is 20.3 Å². The molecule has 0 aromatic carbocycles. The molecule has 17 heavy (non-hydrogen) atoms. The van der Waals surface area contributed by atoms with E-state index in [1.807, 2.05) is 0 Å². The highest BCUT2D eigenvalue weighted by molar-refractivity contribution is 5.96. The molecule has 1 aromatic rings. The summed E-state index contributed by atoms with van der Waals surface area (Å²) < 4.78 is 10.5. The molecule has 0 bridgehead atoms. The van der Waals surface area contributed by atoms with Crippen LogP contribution in [0, 0.1) is 0 Å². The topological polar surface area (TPSA) is 60.5 Å². The van der Waals surface area contributed by atoms with Gasteiger partial charge in [0, 0.05) is 19.3 Å². The van der Waals surface area contributed by atoms with Crippen LogP contribution in [0.3, 0.4) is 0 Å². The Bertz CT molecular complexity index is 389. The number of pyridine rings is 1. The van der Waals surface area contributed by atoms with Crippen molar-refractivity contribution in [1.29, 1.82) is 0 Å². The van der Waals surface area contributed by atoms with Crippen molar-refractivity contribution < 1.29 is 14.3 Å². The van der Waals surface area contributed by atoms with Gasteiger partial charge in [0.1, 0.15) is 5.56 Å². The fourth-order valence-corrected chi connectivity index (χ4v) is 1.83. The molecular weight excluding hydrogens is 220 g/mol. The minimum atomic E-state index is -0.176. The van der Waals surface area contributed by atoms with Gasteiger partial charge in [0.25, 0.3) is 5.91 Å². The fourth-order valence-electron chi connectivity index (χ4n) is 1.83. The summed E-state index contributed by atoms with van der Waals surface area (Å²) in [6.07, 6.45) is 3.80. The van der Waals surface area contributed by atoms with Crippen LogP contribution in [0.25, 0.3) is 0 Å². The summed E-state index contributed by atoms with van der Waals surface area (Å²) in [6.45, 7) is 1.33. The van der Waals surface area contributed by atoms with Gasteiger partial charge in [0.15, 0.2) is 0 Å². The van der Waals surface area contributed by atoms with E-state index in [0.29, 0.717) is 18.0 Å². The Kier molecular flexibility index (Phi) is 3.93. The van der Waals surface area contributed by atoms with E-state index in [1.165, 1.54) is 7.11 Å². The molecule has 0 aliphatic carbocycles. The Balaban J connectivity index is 1.94. The van der Waals surface area contributed by atoms with Gasteiger partial charge in [0.2, 0.25) is 5.88 Å². The van der Waals surface area contributed by atoms with Crippen molar-refractivity contribution in [2.45, 2.75) is 18.9 Å². The van der Waals surface area contributed by atoms with Crippen LogP contribution in [0.4, 0.5) is 0 Å². The van der Waals surface area contributed by atoms with Crippen molar-refractivity contribution >= 4 is 5.91 Å². The van der Waals surface area contributed by atoms with Gasteiger partial charge in [0.05, 0.1) is 13.2 Å². The molecule has 1 unspecified atom stereocenters. The molecule has 1 aromatic heterocycles. The van der Waals surface area contributed by atoms with E-state index in [1.54, 1.807) is 18.3 Å². The molecular formula is C12H16N2O3. The molecule has 92 valence electrons. The summed E-state index contributed by atoms with van der Waals surface area (Å²) in [6, 6.07) is 3.40. The van der Waals surface area contributed by atoms with E-state index in [9.17, 15) is 4.79 Å². The second-order valence-electron chi connectivity index (χ2n) is 3.91. The lowest BCUT2D eigenvalue weighted by molar-refractivity contribution is 0.0854. The zero-order chi connectivity index (χ0) is 12.1. The summed E-state index contributed by atoms with van der Waals surface area (Å²) in [5, 5.41) is 2.83. The second-order valence-corrected chi connectivity index (χ2v) is 3.91. The number of carbonyl (C=O) groups is 1. The van der Waals surface area contributed by atoms with Crippen LogP contribution in [-0.4, -0.2) is 37.3 Å². The summed E-state index contributed by atoms with van der Waals surface area (Å²) in [4.78, 5) is 15.9. The normalized spacial score (nSPS) is 19.0. The summed E-state index contributed by atoms with van der Waals surface area (Å²) in [5.41, 5.74) is 0.452. The monoisotopic (exact) mass is 236 g/mol. The SMILES string of the molecule is COc1ncccc1C(=O)NCC1CCCO1. The summed E-state index contributed by atoms with van der Waals surface area (Å²) >= 11 is 0. The molecule has 5 nitrogen and oxygen atoms in total. The summed E-state index contributed by atoms with van der Waals surface area (Å²) in [5.74, 6) is 0.169. The first-order chi connectivity index (χ1) is 8.31. The molecule has 1 aliphatic rings. The van der Waals surface area contributed by atoms with Gasteiger partial charge >= 0.3 is 0 Å². The molecule has 1 atom stereocenters. The Hall–Kier alpha value is -1.62. The van der Waals surface area contributed by atoms with E-state index in [-0.39, 0.29) is 12.0 Å². The zero-order valence-electron chi connectivity index (χ0n) is 9.81. The number of nitrogens with zero attached hydrogens (tertiary/aromatic N) is 1. The second kappa shape index (κ2) is 5.63. The van der Waals surface area contributed by atoms with Crippen molar-refractivity contribution in [3.8, 4) is 5.88 Å². The highest BCUT2D eigenvalue weighted by Gasteiger charge is 2.18. The molecule has 2 heterocycles. The van der Waals surface area contributed by atoms with Crippen LogP contribution in [0.15, 0.2) is 18.3 Å². The number of methoxy groups -OCH3 is 1. The first-order valence-corrected chi connectivity index (χ1v) is 5.70. The van der Waals surface area contributed by atoms with Crippen LogP contribution in [0.1, 0.15) is 23.2 Å². The highest BCUT2D eigenvalue weighted by Crippen LogP contribution is 2.14. The van der Waals surface area contributed by atoms with Gasteiger partial charge < -0.3 is 14.8 Å². The Labute approximate surface area is 100 Å². The molecule has 1 amide bonds. The van der Waals surface area contributed by atoms with E-state index >= 15 is 0 Å². The number of carbonyl (C=O) groups excluding carboxylic acids is 1. The lowest BCUT2D eigenvalue weighted by atomic mass is 10.2. The lowest BCUT2D eigenvalue weighted by Crippen LogP contribution is -2.32. The molecule has 1 aliphatic heterocycles. The number of nitrogens with one attached hydrogen (secondary N) is 1. The van der Waals surface area contributed by atoms with E-state index in [2.05, 4.69) is 10.3 Å². The van der Waals surface area contributed by atoms with Crippen LogP contribution >= 0.6 is 0 Å². The van der Waals surface area contributed by atoms with Gasteiger partial charge in [-0.3, -0.25) is 4.79 Å². The van der Waals surface area contributed by atoms with Crippen molar-refractivity contribution in [3.63, 3.8) is 0 Å². The van der Waals surface area contributed by atoms with Gasteiger partial charge in [-0.1, -0.05) is 0 Å². The van der Waals surface area contributed by atoms with Gasteiger partial charge in [-0.2, -0.15) is 0 Å². The van der Waals surface area contributed by atoms with Crippen molar-refractivity contribution in [1.82, 2.24) is 10.3 Å². The zero-order valence-corrected chi connectivity index (χ0v) is 9.81. The Morgan fingerprint density at radius 3 is 3.29 bits per heavy atom. The minimum absolute atomic E-state index is 0.140. The average molecular weight is 236 g/mol. The number of hydrogen-bond acceptors (Lipinski definition) is 4. The van der Waals surface area contributed by atoms with Crippen molar-refractivity contribution in [2.24, 2.45) is 0 Å². The van der Waals surface area contributed by atoms with E-state index in [0.717, 1.165) is 19.4 Å². The molecule has 1 saturated heterocycles. The third-order valence-electron chi connectivity index (χ3n) is 2.72. The first-order valence-electron chi connectivity index (χ1n) is 5.70. The van der Waals surface area contributed by atoms with Crippen molar-refractivity contribution in [3.05, 3.63) is 23.9 Å². The maximum absolute atomic E-state index is 11.9. The van der Waals surface area contributed by atoms with Crippen LogP contribution in [-0.2, 0) is 4.74 Å². The predicted molar refractivity (Wildman–Crippen MR) is 62.1 cm³/mol. The molecule has 0 saturated carbocycles. The highest BCUT2D eigenvalue weighted by atomic mass is 16.5. The third kappa shape index (κ3) is 2.94. The van der Waals surface area contributed by atoms with Crippen LogP contribution in [0.5, 0.6) is 5.88 Å². The largest absolute Gasteiger partial charge is 0.480 e. The average Bonchev–Trinajstić information content (AvgIpc) is 2.89. The van der Waals surface area contributed by atoms with Crippen LogP contribution in [0.2, 0.25) is 0 Å². The smallest absolute Gasteiger partial charge is 0.256 e. The first kappa shape index (κ1) is 11.9. The molecule has 1 N–H and O–H groups in total. The van der Waals surface area contributed by atoms with Gasteiger partial charge in [-0.25, -0.2) is 4.98 Å². The third-order valence-corrected chi connectivity index (χ3v) is 2.72. The predicted octanol–water partition coefficient (Wildman–Crippen LogP) is 0.999. The fraction of sp³-hybridized carbons (Fsp3) is 0.500. The molecule has 1 fully saturated rings. The number of amides is 1. The maximum Gasteiger partial charge on any atom is 0.256 e. The molecule has 0 radical (unpaired) electrons. The number of hydrogen-bond donors (Lipinski definition) is 1. The molecule has 0 spiro atoms. The minimum Gasteiger partial charge on any atom is -0.480 e. The molecule has 5 heteroatoms. The quantitative estimate of drug-likeness (QED) is 0.847. The lowest BCUT2D eigenvalue weighted by Gasteiger charge is -2.11. The Morgan fingerprint density at radius 2 is 2.59 bits per heavy atom. The summed E-state index contributed by atoms with van der Waals surface area (Å²) in [7, 11) is 1.50. The number of ether oxygens (including phenoxy) is 2.